The van der Waals surface area contributed by atoms with E-state index in [-0.39, 0.29) is 10.3 Å². The maximum atomic E-state index is 11.0. The monoisotopic (exact) mass is 289 g/mol. The summed E-state index contributed by atoms with van der Waals surface area (Å²) < 4.78 is 0.731. The number of thioether (sulfide) groups is 2. The summed E-state index contributed by atoms with van der Waals surface area (Å²) in [5.74, 6) is 0. The van der Waals surface area contributed by atoms with Crippen LogP contribution in [0.4, 0.5) is 4.79 Å². The Morgan fingerprint density at radius 3 is 2.50 bits per heavy atom. The van der Waals surface area contributed by atoms with Gasteiger partial charge in [0.25, 0.3) is 0 Å². The van der Waals surface area contributed by atoms with Gasteiger partial charge in [0, 0.05) is 7.05 Å². The van der Waals surface area contributed by atoms with Crippen LogP contribution in [0.3, 0.4) is 0 Å². The standard InChI is InChI=1S/C11H19N3O2S2/c1-10(2,3)13-9-17-7(11(4,5)18-9)14-16-8(15)12-6/h1-6H3,(H,12,15)/b13-9?,14-7+. The quantitative estimate of drug-likeness (QED) is 0.595. The zero-order valence-corrected chi connectivity index (χ0v) is 13.2. The Morgan fingerprint density at radius 2 is 2.00 bits per heavy atom. The summed E-state index contributed by atoms with van der Waals surface area (Å²) in [4.78, 5) is 20.3. The van der Waals surface area contributed by atoms with Crippen LogP contribution in [0.5, 0.6) is 0 Å². The van der Waals surface area contributed by atoms with Crippen molar-refractivity contribution in [1.82, 2.24) is 5.32 Å². The van der Waals surface area contributed by atoms with E-state index in [2.05, 4.69) is 15.5 Å². The van der Waals surface area contributed by atoms with Gasteiger partial charge in [-0.15, -0.1) is 0 Å². The van der Waals surface area contributed by atoms with Crippen molar-refractivity contribution in [2.24, 2.45) is 10.1 Å². The molecule has 0 radical (unpaired) electrons. The molecule has 1 aliphatic rings. The van der Waals surface area contributed by atoms with Gasteiger partial charge in [-0.05, 0) is 46.4 Å². The normalized spacial score (nSPS) is 23.4. The molecule has 0 aromatic heterocycles. The molecule has 1 rings (SSSR count). The average molecular weight is 289 g/mol. The molecule has 18 heavy (non-hydrogen) atoms. The zero-order valence-electron chi connectivity index (χ0n) is 11.5. The predicted octanol–water partition coefficient (Wildman–Crippen LogP) is 3.07. The summed E-state index contributed by atoms with van der Waals surface area (Å²) in [6.07, 6.45) is -0.565. The van der Waals surface area contributed by atoms with Crippen LogP contribution in [0.25, 0.3) is 0 Å². The van der Waals surface area contributed by atoms with Gasteiger partial charge in [0.15, 0.2) is 0 Å². The number of rotatable bonds is 1. The summed E-state index contributed by atoms with van der Waals surface area (Å²) in [6, 6.07) is 0. The van der Waals surface area contributed by atoms with E-state index in [9.17, 15) is 4.79 Å². The van der Waals surface area contributed by atoms with Gasteiger partial charge >= 0.3 is 6.09 Å². The fourth-order valence-electron chi connectivity index (χ4n) is 1.06. The minimum absolute atomic E-state index is 0.123. The van der Waals surface area contributed by atoms with Crippen LogP contribution in [0.15, 0.2) is 10.1 Å². The molecule has 0 bridgehead atoms. The Hall–Kier alpha value is -0.690. The second kappa shape index (κ2) is 5.52. The van der Waals surface area contributed by atoms with Gasteiger partial charge in [-0.2, -0.15) is 0 Å². The van der Waals surface area contributed by atoms with Gasteiger partial charge in [-0.3, -0.25) is 9.83 Å². The molecule has 7 heteroatoms. The van der Waals surface area contributed by atoms with Crippen molar-refractivity contribution in [3.8, 4) is 0 Å². The van der Waals surface area contributed by atoms with Crippen molar-refractivity contribution >= 4 is 39.0 Å². The second-order valence-corrected chi connectivity index (χ2v) is 8.14. The summed E-state index contributed by atoms with van der Waals surface area (Å²) in [5, 5.41) is 6.99. The fourth-order valence-corrected chi connectivity index (χ4v) is 4.03. The van der Waals surface area contributed by atoms with E-state index < -0.39 is 6.09 Å². The summed E-state index contributed by atoms with van der Waals surface area (Å²) >= 11 is 3.09. The molecular formula is C11H19N3O2S2. The molecule has 1 heterocycles. The van der Waals surface area contributed by atoms with Crippen molar-refractivity contribution in [3.05, 3.63) is 0 Å². The number of oxime groups is 1. The molecule has 1 N–H and O–H groups in total. The van der Waals surface area contributed by atoms with Crippen molar-refractivity contribution in [1.29, 1.82) is 0 Å². The largest absolute Gasteiger partial charge is 0.433 e. The van der Waals surface area contributed by atoms with E-state index >= 15 is 0 Å². The Labute approximate surface area is 116 Å². The van der Waals surface area contributed by atoms with E-state index in [0.717, 1.165) is 9.42 Å². The minimum Gasteiger partial charge on any atom is -0.323 e. The molecule has 102 valence electrons. The molecule has 0 aromatic rings. The lowest BCUT2D eigenvalue weighted by molar-refractivity contribution is 0.153. The second-order valence-electron chi connectivity index (χ2n) is 5.29. The molecule has 0 unspecified atom stereocenters. The van der Waals surface area contributed by atoms with Crippen LogP contribution >= 0.6 is 23.5 Å². The third-order valence-electron chi connectivity index (χ3n) is 1.88. The zero-order chi connectivity index (χ0) is 14.0. The predicted molar refractivity (Wildman–Crippen MR) is 79.4 cm³/mol. The highest BCUT2D eigenvalue weighted by atomic mass is 32.2. The number of amides is 1. The van der Waals surface area contributed by atoms with Crippen LogP contribution in [0, 0.1) is 0 Å². The molecule has 1 saturated heterocycles. The maximum Gasteiger partial charge on any atom is 0.433 e. The Morgan fingerprint density at radius 1 is 1.39 bits per heavy atom. The maximum absolute atomic E-state index is 11.0. The highest BCUT2D eigenvalue weighted by Gasteiger charge is 2.38. The number of hydrogen-bond donors (Lipinski definition) is 1. The van der Waals surface area contributed by atoms with E-state index in [0.29, 0.717) is 0 Å². The number of nitrogens with one attached hydrogen (secondary N) is 1. The van der Waals surface area contributed by atoms with E-state index in [1.807, 2.05) is 34.6 Å². The first-order chi connectivity index (χ1) is 8.14. The van der Waals surface area contributed by atoms with Crippen LogP contribution < -0.4 is 5.32 Å². The Balaban J connectivity index is 2.83. The SMILES string of the molecule is CNC(=O)O/N=C1/SC(=NC(C)(C)C)SC1(C)C. The van der Waals surface area contributed by atoms with Crippen LogP contribution in [-0.4, -0.2) is 32.8 Å². The van der Waals surface area contributed by atoms with Crippen LogP contribution in [0.2, 0.25) is 0 Å². The summed E-state index contributed by atoms with van der Waals surface area (Å²) in [5.41, 5.74) is -0.123. The third-order valence-corrected chi connectivity index (χ3v) is 4.53. The Kier molecular flexibility index (Phi) is 4.72. The van der Waals surface area contributed by atoms with Crippen molar-refractivity contribution in [3.63, 3.8) is 0 Å². The van der Waals surface area contributed by atoms with Crippen molar-refractivity contribution < 1.29 is 9.63 Å². The summed E-state index contributed by atoms with van der Waals surface area (Å²) in [6.45, 7) is 10.2. The van der Waals surface area contributed by atoms with E-state index in [1.54, 1.807) is 11.8 Å². The van der Waals surface area contributed by atoms with Crippen molar-refractivity contribution in [2.45, 2.75) is 44.9 Å². The summed E-state index contributed by atoms with van der Waals surface area (Å²) in [7, 11) is 1.50. The molecule has 1 amide bonds. The van der Waals surface area contributed by atoms with Gasteiger partial charge in [0.1, 0.15) is 9.42 Å². The molecular weight excluding hydrogens is 270 g/mol. The fraction of sp³-hybridized carbons (Fsp3) is 0.727. The lowest BCUT2D eigenvalue weighted by Crippen LogP contribution is -2.23. The molecule has 0 saturated carbocycles. The first-order valence-electron chi connectivity index (χ1n) is 5.58. The number of hydrogen-bond acceptors (Lipinski definition) is 6. The van der Waals surface area contributed by atoms with Gasteiger partial charge in [-0.1, -0.05) is 16.9 Å². The highest BCUT2D eigenvalue weighted by Crippen LogP contribution is 2.44. The van der Waals surface area contributed by atoms with Gasteiger partial charge in [0.05, 0.1) is 10.3 Å². The number of carbonyl (C=O) groups is 1. The number of aliphatic imine (C=N–C) groups is 1. The number of nitrogens with zero attached hydrogens (tertiary/aromatic N) is 2. The molecule has 1 aliphatic heterocycles. The minimum atomic E-state index is -0.565. The topological polar surface area (TPSA) is 63.0 Å². The van der Waals surface area contributed by atoms with Crippen molar-refractivity contribution in [2.75, 3.05) is 7.05 Å². The van der Waals surface area contributed by atoms with Gasteiger partial charge in [0.2, 0.25) is 0 Å². The van der Waals surface area contributed by atoms with E-state index in [1.165, 1.54) is 18.8 Å². The number of carbonyl (C=O) groups excluding carboxylic acids is 1. The molecule has 0 spiro atoms. The first-order valence-corrected chi connectivity index (χ1v) is 7.21. The molecule has 1 fully saturated rings. The third kappa shape index (κ3) is 4.53. The molecule has 0 aromatic carbocycles. The van der Waals surface area contributed by atoms with Gasteiger partial charge in [-0.25, -0.2) is 4.79 Å². The Bertz CT molecular complexity index is 398. The molecule has 5 nitrogen and oxygen atoms in total. The smallest absolute Gasteiger partial charge is 0.323 e. The lowest BCUT2D eigenvalue weighted by atomic mass is 10.1. The first kappa shape index (κ1) is 15.4. The van der Waals surface area contributed by atoms with E-state index in [4.69, 9.17) is 4.84 Å². The molecule has 0 atom stereocenters. The molecule has 0 aliphatic carbocycles. The van der Waals surface area contributed by atoms with Crippen LogP contribution in [0.1, 0.15) is 34.6 Å². The van der Waals surface area contributed by atoms with Gasteiger partial charge < -0.3 is 5.32 Å². The average Bonchev–Trinajstić information content (AvgIpc) is 2.46. The lowest BCUT2D eigenvalue weighted by Gasteiger charge is -2.14. The van der Waals surface area contributed by atoms with Crippen LogP contribution in [-0.2, 0) is 4.84 Å². The highest BCUT2D eigenvalue weighted by molar-refractivity contribution is 8.50.